The molecule has 1 heterocycles. The predicted molar refractivity (Wildman–Crippen MR) is 121 cm³/mol. The van der Waals surface area contributed by atoms with E-state index in [1.54, 1.807) is 14.2 Å². The number of rotatable bonds is 8. The molecule has 0 atom stereocenters. The summed E-state index contributed by atoms with van der Waals surface area (Å²) in [6.07, 6.45) is 3.89. The molecule has 31 heavy (non-hydrogen) atoms. The van der Waals surface area contributed by atoms with E-state index in [9.17, 15) is 4.39 Å². The van der Waals surface area contributed by atoms with E-state index in [-0.39, 0.29) is 5.82 Å². The molecular formula is C25H24FN3O2. The van der Waals surface area contributed by atoms with Gasteiger partial charge in [0.2, 0.25) is 0 Å². The normalized spacial score (nSPS) is 11.2. The summed E-state index contributed by atoms with van der Waals surface area (Å²) in [5, 5.41) is 5.52. The fourth-order valence-corrected chi connectivity index (χ4v) is 3.54. The van der Waals surface area contributed by atoms with Crippen molar-refractivity contribution in [1.82, 2.24) is 9.99 Å². The predicted octanol–water partition coefficient (Wildman–Crippen LogP) is 4.97. The Morgan fingerprint density at radius 1 is 0.935 bits per heavy atom. The fraction of sp³-hybridized carbons (Fsp3) is 0.160. The van der Waals surface area contributed by atoms with Crippen molar-refractivity contribution >= 4 is 17.1 Å². The van der Waals surface area contributed by atoms with Gasteiger partial charge in [-0.05, 0) is 41.5 Å². The summed E-state index contributed by atoms with van der Waals surface area (Å²) in [7, 11) is 3.24. The molecule has 5 nitrogen and oxygen atoms in total. The Morgan fingerprint density at radius 3 is 2.45 bits per heavy atom. The highest BCUT2D eigenvalue weighted by molar-refractivity contribution is 5.99. The minimum Gasteiger partial charge on any atom is -0.493 e. The van der Waals surface area contributed by atoms with Crippen molar-refractivity contribution in [2.24, 2.45) is 5.10 Å². The Morgan fingerprint density at radius 2 is 1.68 bits per heavy atom. The second kappa shape index (κ2) is 9.34. The lowest BCUT2D eigenvalue weighted by molar-refractivity contribution is 0.354. The number of para-hydroxylation sites is 1. The number of halogens is 1. The molecule has 0 fully saturated rings. The molecule has 0 unspecified atom stereocenters. The van der Waals surface area contributed by atoms with Crippen molar-refractivity contribution < 1.29 is 13.9 Å². The second-order valence-electron chi connectivity index (χ2n) is 7.14. The zero-order valence-corrected chi connectivity index (χ0v) is 17.5. The van der Waals surface area contributed by atoms with Gasteiger partial charge in [-0.25, -0.2) is 4.39 Å². The number of ether oxygens (including phenoxy) is 2. The third-order valence-corrected chi connectivity index (χ3v) is 5.11. The van der Waals surface area contributed by atoms with E-state index in [4.69, 9.17) is 9.47 Å². The van der Waals surface area contributed by atoms with E-state index in [0.29, 0.717) is 24.6 Å². The van der Waals surface area contributed by atoms with E-state index >= 15 is 0 Å². The van der Waals surface area contributed by atoms with Crippen LogP contribution in [0.25, 0.3) is 10.9 Å². The monoisotopic (exact) mass is 417 g/mol. The van der Waals surface area contributed by atoms with Crippen molar-refractivity contribution in [2.45, 2.75) is 13.1 Å². The van der Waals surface area contributed by atoms with Crippen molar-refractivity contribution in [1.29, 1.82) is 0 Å². The molecule has 0 aliphatic rings. The van der Waals surface area contributed by atoms with Crippen LogP contribution in [0.4, 0.5) is 4.39 Å². The van der Waals surface area contributed by atoms with Gasteiger partial charge in [0.25, 0.3) is 0 Å². The van der Waals surface area contributed by atoms with E-state index in [1.807, 2.05) is 48.7 Å². The number of hydrogen-bond acceptors (Lipinski definition) is 4. The quantitative estimate of drug-likeness (QED) is 0.325. The summed E-state index contributed by atoms with van der Waals surface area (Å²) in [5.41, 5.74) is 7.28. The SMILES string of the molecule is COc1ccc(CN/N=C/c2cn(Cc3ccc(F)cc3)c3ccccc23)cc1OC. The molecule has 0 amide bonds. The van der Waals surface area contributed by atoms with Gasteiger partial charge in [-0.15, -0.1) is 0 Å². The van der Waals surface area contributed by atoms with Gasteiger partial charge >= 0.3 is 0 Å². The molecule has 3 aromatic carbocycles. The Balaban J connectivity index is 1.49. The molecule has 0 saturated carbocycles. The number of hydrazone groups is 1. The highest BCUT2D eigenvalue weighted by atomic mass is 19.1. The first kappa shape index (κ1) is 20.5. The molecule has 0 saturated heterocycles. The summed E-state index contributed by atoms with van der Waals surface area (Å²) in [4.78, 5) is 0. The third kappa shape index (κ3) is 4.69. The van der Waals surface area contributed by atoms with Crippen LogP contribution >= 0.6 is 0 Å². The van der Waals surface area contributed by atoms with Crippen LogP contribution in [0.1, 0.15) is 16.7 Å². The van der Waals surface area contributed by atoms with Crippen molar-refractivity contribution in [3.8, 4) is 11.5 Å². The van der Waals surface area contributed by atoms with Crippen LogP contribution in [0.5, 0.6) is 11.5 Å². The average molecular weight is 417 g/mol. The van der Waals surface area contributed by atoms with Crippen molar-refractivity contribution in [2.75, 3.05) is 14.2 Å². The number of nitrogens with one attached hydrogen (secondary N) is 1. The third-order valence-electron chi connectivity index (χ3n) is 5.11. The van der Waals surface area contributed by atoms with Gasteiger partial charge < -0.3 is 19.5 Å². The minimum atomic E-state index is -0.227. The minimum absolute atomic E-state index is 0.227. The summed E-state index contributed by atoms with van der Waals surface area (Å²) in [6.45, 7) is 1.22. The Hall–Kier alpha value is -3.80. The molecule has 0 bridgehead atoms. The zero-order chi connectivity index (χ0) is 21.6. The molecule has 4 aromatic rings. The van der Waals surface area contributed by atoms with Crippen LogP contribution in [-0.2, 0) is 13.1 Å². The van der Waals surface area contributed by atoms with Gasteiger partial charge in [-0.1, -0.05) is 36.4 Å². The lowest BCUT2D eigenvalue weighted by Crippen LogP contribution is -2.06. The first-order valence-electron chi connectivity index (χ1n) is 9.97. The molecule has 6 heteroatoms. The maximum Gasteiger partial charge on any atom is 0.161 e. The van der Waals surface area contributed by atoms with Crippen molar-refractivity contribution in [3.05, 3.63) is 95.4 Å². The average Bonchev–Trinajstić information content (AvgIpc) is 3.15. The molecule has 0 aliphatic heterocycles. The molecule has 0 aliphatic carbocycles. The Bertz CT molecular complexity index is 1200. The highest BCUT2D eigenvalue weighted by Crippen LogP contribution is 2.27. The van der Waals surface area contributed by atoms with Gasteiger partial charge in [-0.2, -0.15) is 5.10 Å². The maximum absolute atomic E-state index is 13.2. The molecule has 4 rings (SSSR count). The molecular weight excluding hydrogens is 393 g/mol. The largest absolute Gasteiger partial charge is 0.493 e. The summed E-state index contributed by atoms with van der Waals surface area (Å²) >= 11 is 0. The van der Waals surface area contributed by atoms with Crippen LogP contribution in [0, 0.1) is 5.82 Å². The Kier molecular flexibility index (Phi) is 6.17. The second-order valence-corrected chi connectivity index (χ2v) is 7.14. The van der Waals surface area contributed by atoms with Crippen LogP contribution in [-0.4, -0.2) is 25.0 Å². The maximum atomic E-state index is 13.2. The van der Waals surface area contributed by atoms with E-state index < -0.39 is 0 Å². The zero-order valence-electron chi connectivity index (χ0n) is 17.5. The standard InChI is InChI=1S/C25H24FN3O2/c1-30-24-12-9-19(13-25(24)31-2)14-27-28-15-20-17-29(23-6-4-3-5-22(20)23)16-18-7-10-21(26)11-8-18/h3-13,15,17,27H,14,16H2,1-2H3/b28-15+. The molecule has 158 valence electrons. The fourth-order valence-electron chi connectivity index (χ4n) is 3.54. The van der Waals surface area contributed by atoms with Gasteiger partial charge in [-0.3, -0.25) is 0 Å². The van der Waals surface area contributed by atoms with Crippen LogP contribution in [0.15, 0.2) is 78.0 Å². The summed E-state index contributed by atoms with van der Waals surface area (Å²) in [5.74, 6) is 1.16. The molecule has 0 radical (unpaired) electrons. The van der Waals surface area contributed by atoms with Crippen molar-refractivity contribution in [3.63, 3.8) is 0 Å². The van der Waals surface area contributed by atoms with E-state index in [1.165, 1.54) is 12.1 Å². The smallest absolute Gasteiger partial charge is 0.161 e. The van der Waals surface area contributed by atoms with Crippen LogP contribution < -0.4 is 14.9 Å². The number of hydrogen-bond donors (Lipinski definition) is 1. The molecule has 1 N–H and O–H groups in total. The number of fused-ring (bicyclic) bond motifs is 1. The van der Waals surface area contributed by atoms with Crippen LogP contribution in [0.3, 0.4) is 0 Å². The van der Waals surface area contributed by atoms with Gasteiger partial charge in [0.05, 0.1) is 27.0 Å². The van der Waals surface area contributed by atoms with E-state index in [2.05, 4.69) is 33.4 Å². The topological polar surface area (TPSA) is 47.8 Å². The molecule has 1 aromatic heterocycles. The van der Waals surface area contributed by atoms with Gasteiger partial charge in [0, 0.05) is 29.2 Å². The Labute approximate surface area is 180 Å². The highest BCUT2D eigenvalue weighted by Gasteiger charge is 2.08. The number of benzene rings is 3. The molecule has 0 spiro atoms. The van der Waals surface area contributed by atoms with Gasteiger partial charge in [0.1, 0.15) is 5.82 Å². The van der Waals surface area contributed by atoms with Gasteiger partial charge in [0.15, 0.2) is 11.5 Å². The lowest BCUT2D eigenvalue weighted by Gasteiger charge is -2.09. The number of aromatic nitrogens is 1. The first-order chi connectivity index (χ1) is 15.2. The number of nitrogens with zero attached hydrogens (tertiary/aromatic N) is 2. The van der Waals surface area contributed by atoms with Crippen LogP contribution in [0.2, 0.25) is 0 Å². The number of methoxy groups -OCH3 is 2. The lowest BCUT2D eigenvalue weighted by atomic mass is 10.2. The van der Waals surface area contributed by atoms with E-state index in [0.717, 1.165) is 27.6 Å². The first-order valence-corrected chi connectivity index (χ1v) is 9.97. The summed E-state index contributed by atoms with van der Waals surface area (Å²) < 4.78 is 26.0. The summed E-state index contributed by atoms with van der Waals surface area (Å²) in [6, 6.07) is 20.5.